The summed E-state index contributed by atoms with van der Waals surface area (Å²) in [4.78, 5) is 1.18. The van der Waals surface area contributed by atoms with Crippen molar-refractivity contribution in [1.82, 2.24) is 4.90 Å². The third kappa shape index (κ3) is 2.11. The highest BCUT2D eigenvalue weighted by molar-refractivity contribution is 5.83. The second-order valence-electron chi connectivity index (χ2n) is 4.14. The maximum atomic E-state index is 9.00. The summed E-state index contributed by atoms with van der Waals surface area (Å²) in [5, 5.41) is 18.6. The molecule has 0 aliphatic carbocycles. The molecule has 0 saturated heterocycles. The van der Waals surface area contributed by atoms with Gasteiger partial charge in [0.05, 0.1) is 6.04 Å². The Morgan fingerprint density at radius 3 is 2.56 bits per heavy atom. The minimum absolute atomic E-state index is 0.238. The number of nitrogens with two attached hydrogens (primary N) is 1. The summed E-state index contributed by atoms with van der Waals surface area (Å²) >= 11 is 0. The van der Waals surface area contributed by atoms with E-state index in [2.05, 4.69) is 0 Å². The van der Waals surface area contributed by atoms with Crippen LogP contribution in [0, 0.1) is 16.9 Å². The Morgan fingerprint density at radius 1 is 1.28 bits per heavy atom. The van der Waals surface area contributed by atoms with E-state index < -0.39 is 0 Å². The van der Waals surface area contributed by atoms with Gasteiger partial charge in [-0.25, -0.2) is 4.90 Å². The van der Waals surface area contributed by atoms with Gasteiger partial charge in [0, 0.05) is 0 Å². The fourth-order valence-electron chi connectivity index (χ4n) is 1.97. The summed E-state index contributed by atoms with van der Waals surface area (Å²) in [5.41, 5.74) is 6.35. The Hall–Kier alpha value is -2.54. The number of hydrogen-bond donors (Lipinski definition) is 2. The van der Waals surface area contributed by atoms with Crippen LogP contribution in [0.4, 0.5) is 0 Å². The fourth-order valence-corrected chi connectivity index (χ4v) is 1.97. The minimum atomic E-state index is -0.239. The first-order chi connectivity index (χ1) is 8.63. The van der Waals surface area contributed by atoms with Gasteiger partial charge in [-0.1, -0.05) is 36.4 Å². The van der Waals surface area contributed by atoms with Gasteiger partial charge in [0.2, 0.25) is 5.96 Å². The Bertz CT molecular complexity index is 627. The van der Waals surface area contributed by atoms with Gasteiger partial charge in [0.25, 0.3) is 0 Å². The highest BCUT2D eigenvalue weighted by atomic mass is 15.2. The molecule has 0 aliphatic heterocycles. The summed E-state index contributed by atoms with van der Waals surface area (Å²) in [6.07, 6.45) is 1.93. The van der Waals surface area contributed by atoms with Gasteiger partial charge in [-0.05, 0) is 29.3 Å². The van der Waals surface area contributed by atoms with Crippen molar-refractivity contribution in [3.63, 3.8) is 0 Å². The first kappa shape index (κ1) is 11.9. The van der Waals surface area contributed by atoms with E-state index in [-0.39, 0.29) is 12.0 Å². The number of nitrogens with one attached hydrogen (secondary N) is 1. The van der Waals surface area contributed by atoms with Crippen molar-refractivity contribution >= 4 is 16.7 Å². The maximum Gasteiger partial charge on any atom is 0.202 e. The molecule has 0 radical (unpaired) electrons. The molecule has 0 spiro atoms. The number of fused-ring (bicyclic) bond motifs is 1. The molecule has 2 rings (SSSR count). The highest BCUT2D eigenvalue weighted by Crippen LogP contribution is 2.23. The molecule has 0 heterocycles. The van der Waals surface area contributed by atoms with Crippen molar-refractivity contribution in [2.75, 3.05) is 0 Å². The molecule has 0 aliphatic rings. The number of hydrogen-bond acceptors (Lipinski definition) is 2. The van der Waals surface area contributed by atoms with Crippen LogP contribution < -0.4 is 5.73 Å². The summed E-state index contributed by atoms with van der Waals surface area (Å²) < 4.78 is 0. The summed E-state index contributed by atoms with van der Waals surface area (Å²) in [5.74, 6) is -0.238. The zero-order valence-electron chi connectivity index (χ0n) is 10.1. The Balaban J connectivity index is 2.42. The fraction of sp³-hybridized carbons (Fsp3) is 0.143. The van der Waals surface area contributed by atoms with Crippen LogP contribution in [-0.4, -0.2) is 10.9 Å². The summed E-state index contributed by atoms with van der Waals surface area (Å²) in [6, 6.07) is 13.8. The lowest BCUT2D eigenvalue weighted by Crippen LogP contribution is -2.34. The van der Waals surface area contributed by atoms with Crippen LogP contribution in [0.15, 0.2) is 42.5 Å². The molecule has 2 aromatic carbocycles. The zero-order valence-corrected chi connectivity index (χ0v) is 10.1. The third-order valence-corrected chi connectivity index (χ3v) is 3.01. The van der Waals surface area contributed by atoms with E-state index in [0.29, 0.717) is 0 Å². The van der Waals surface area contributed by atoms with Crippen molar-refractivity contribution in [1.29, 1.82) is 10.7 Å². The predicted octanol–water partition coefficient (Wildman–Crippen LogP) is 2.58. The molecular formula is C14H14N4. The van der Waals surface area contributed by atoms with E-state index in [1.807, 2.05) is 55.6 Å². The van der Waals surface area contributed by atoms with Gasteiger partial charge in [-0.3, -0.25) is 5.41 Å². The van der Waals surface area contributed by atoms with Crippen LogP contribution in [0.2, 0.25) is 0 Å². The smallest absolute Gasteiger partial charge is 0.202 e. The van der Waals surface area contributed by atoms with Crippen molar-refractivity contribution in [3.8, 4) is 6.19 Å². The quantitative estimate of drug-likeness (QED) is 0.365. The maximum absolute atomic E-state index is 9.00. The van der Waals surface area contributed by atoms with Gasteiger partial charge in [-0.2, -0.15) is 5.26 Å². The topological polar surface area (TPSA) is 76.9 Å². The molecule has 4 nitrogen and oxygen atoms in total. The lowest BCUT2D eigenvalue weighted by Gasteiger charge is -2.22. The Kier molecular flexibility index (Phi) is 3.16. The molecule has 0 saturated carbocycles. The molecule has 0 bridgehead atoms. The van der Waals surface area contributed by atoms with E-state index in [1.165, 1.54) is 4.90 Å². The predicted molar refractivity (Wildman–Crippen MR) is 71.7 cm³/mol. The highest BCUT2D eigenvalue weighted by Gasteiger charge is 2.16. The molecule has 1 atom stereocenters. The van der Waals surface area contributed by atoms with Crippen molar-refractivity contribution < 1.29 is 0 Å². The first-order valence-electron chi connectivity index (χ1n) is 5.65. The van der Waals surface area contributed by atoms with Crippen LogP contribution in [0.5, 0.6) is 0 Å². The van der Waals surface area contributed by atoms with E-state index in [1.54, 1.807) is 0 Å². The van der Waals surface area contributed by atoms with Gasteiger partial charge < -0.3 is 5.73 Å². The minimum Gasteiger partial charge on any atom is -0.369 e. The Labute approximate surface area is 106 Å². The van der Waals surface area contributed by atoms with Crippen LogP contribution in [0.1, 0.15) is 18.5 Å². The van der Waals surface area contributed by atoms with Crippen LogP contribution in [0.3, 0.4) is 0 Å². The van der Waals surface area contributed by atoms with Crippen LogP contribution in [-0.2, 0) is 0 Å². The largest absolute Gasteiger partial charge is 0.369 e. The zero-order chi connectivity index (χ0) is 13.1. The number of nitriles is 1. The second-order valence-corrected chi connectivity index (χ2v) is 4.14. The normalized spacial score (nSPS) is 11.8. The van der Waals surface area contributed by atoms with Crippen molar-refractivity contribution in [3.05, 3.63) is 48.0 Å². The lowest BCUT2D eigenvalue weighted by atomic mass is 10.0. The number of rotatable bonds is 2. The molecule has 2 aromatic rings. The van der Waals surface area contributed by atoms with Crippen molar-refractivity contribution in [2.24, 2.45) is 5.73 Å². The second kappa shape index (κ2) is 4.76. The SMILES string of the molecule is CC(c1ccc2ccccc2c1)N(C#N)C(=N)N. The van der Waals surface area contributed by atoms with Gasteiger partial charge in [-0.15, -0.1) is 0 Å². The standard InChI is InChI=1S/C14H14N4/c1-10(18(9-15)14(16)17)12-7-6-11-4-2-3-5-13(11)8-12/h2-8,10H,1H3,(H3,16,17). The molecule has 1 unspecified atom stereocenters. The molecule has 4 heteroatoms. The average molecular weight is 238 g/mol. The van der Waals surface area contributed by atoms with Crippen LogP contribution in [0.25, 0.3) is 10.8 Å². The third-order valence-electron chi connectivity index (χ3n) is 3.01. The number of nitrogens with zero attached hydrogens (tertiary/aromatic N) is 2. The average Bonchev–Trinajstić information content (AvgIpc) is 2.38. The number of benzene rings is 2. The molecular weight excluding hydrogens is 224 g/mol. The van der Waals surface area contributed by atoms with E-state index in [9.17, 15) is 0 Å². The molecule has 3 N–H and O–H groups in total. The van der Waals surface area contributed by atoms with Gasteiger partial charge >= 0.3 is 0 Å². The molecule has 18 heavy (non-hydrogen) atoms. The Morgan fingerprint density at radius 2 is 1.94 bits per heavy atom. The van der Waals surface area contributed by atoms with Crippen LogP contribution >= 0.6 is 0 Å². The monoisotopic (exact) mass is 238 g/mol. The first-order valence-corrected chi connectivity index (χ1v) is 5.65. The summed E-state index contributed by atoms with van der Waals surface area (Å²) in [6.45, 7) is 1.86. The van der Waals surface area contributed by atoms with E-state index >= 15 is 0 Å². The molecule has 0 aromatic heterocycles. The number of guanidine groups is 1. The molecule has 0 amide bonds. The van der Waals surface area contributed by atoms with E-state index in [4.69, 9.17) is 16.4 Å². The lowest BCUT2D eigenvalue weighted by molar-refractivity contribution is 0.452. The van der Waals surface area contributed by atoms with Crippen molar-refractivity contribution in [2.45, 2.75) is 13.0 Å². The van der Waals surface area contributed by atoms with Gasteiger partial charge in [0.1, 0.15) is 0 Å². The molecule has 90 valence electrons. The summed E-state index contributed by atoms with van der Waals surface area (Å²) in [7, 11) is 0. The van der Waals surface area contributed by atoms with E-state index in [0.717, 1.165) is 16.3 Å². The van der Waals surface area contributed by atoms with Gasteiger partial charge in [0.15, 0.2) is 6.19 Å². The molecule has 0 fully saturated rings.